The molecule has 0 heterocycles. The van der Waals surface area contributed by atoms with Crippen molar-refractivity contribution in [3.63, 3.8) is 0 Å². The molecule has 1 nitrogen and oxygen atoms in total. The van der Waals surface area contributed by atoms with E-state index in [-0.39, 0.29) is 5.78 Å². The zero-order chi connectivity index (χ0) is 12.1. The molecule has 0 radical (unpaired) electrons. The Morgan fingerprint density at radius 2 is 2.00 bits per heavy atom. The molecule has 0 aromatic heterocycles. The lowest BCUT2D eigenvalue weighted by Gasteiger charge is -2.11. The van der Waals surface area contributed by atoms with Gasteiger partial charge in [-0.1, -0.05) is 44.4 Å². The molecule has 16 heavy (non-hydrogen) atoms. The molecule has 0 aliphatic heterocycles. The molecule has 0 amide bonds. The van der Waals surface area contributed by atoms with Crippen LogP contribution in [0.15, 0.2) is 18.2 Å². The maximum atomic E-state index is 12.0. The number of Topliss-reactive ketones (excluding diaryl/α,β-unsaturated/α-hetero) is 1. The monoisotopic (exact) mass is 350 g/mol. The Kier molecular flexibility index (Phi) is 5.76. The lowest BCUT2D eigenvalue weighted by atomic mass is 9.94. The molecule has 0 fully saturated rings. The second-order valence-corrected chi connectivity index (χ2v) is 5.51. The number of hydrogen-bond donors (Lipinski definition) is 0. The minimum Gasteiger partial charge on any atom is -0.294 e. The van der Waals surface area contributed by atoms with Gasteiger partial charge in [-0.15, -0.1) is 0 Å². The third-order valence-electron chi connectivity index (χ3n) is 2.87. The lowest BCUT2D eigenvalue weighted by molar-refractivity contribution is 0.0958. The van der Waals surface area contributed by atoms with Gasteiger partial charge in [-0.2, -0.15) is 0 Å². The highest BCUT2D eigenvalue weighted by Gasteiger charge is 2.13. The van der Waals surface area contributed by atoms with Crippen molar-refractivity contribution in [3.05, 3.63) is 32.4 Å². The van der Waals surface area contributed by atoms with Crippen molar-refractivity contribution < 1.29 is 4.79 Å². The van der Waals surface area contributed by atoms with Gasteiger partial charge in [0.1, 0.15) is 0 Å². The van der Waals surface area contributed by atoms with Crippen LogP contribution in [0.4, 0.5) is 0 Å². The Labute approximate surface area is 116 Å². The number of ketones is 1. The van der Waals surface area contributed by atoms with Crippen LogP contribution in [0.2, 0.25) is 5.02 Å². The molecular formula is C13H16ClIO. The van der Waals surface area contributed by atoms with Gasteiger partial charge >= 0.3 is 0 Å². The summed E-state index contributed by atoms with van der Waals surface area (Å²) in [5.41, 5.74) is 0.734. The summed E-state index contributed by atoms with van der Waals surface area (Å²) >= 11 is 8.16. The molecule has 0 aliphatic rings. The summed E-state index contributed by atoms with van der Waals surface area (Å²) in [4.78, 5) is 12.0. The van der Waals surface area contributed by atoms with E-state index in [1.54, 1.807) is 6.07 Å². The first kappa shape index (κ1) is 14.0. The number of halogens is 2. The highest BCUT2D eigenvalue weighted by atomic mass is 127. The van der Waals surface area contributed by atoms with Gasteiger partial charge in [0.15, 0.2) is 5.78 Å². The van der Waals surface area contributed by atoms with Crippen molar-refractivity contribution >= 4 is 40.0 Å². The molecular weight excluding hydrogens is 334 g/mol. The number of hydrogen-bond acceptors (Lipinski definition) is 1. The molecule has 0 N–H and O–H groups in total. The maximum Gasteiger partial charge on any atom is 0.163 e. The van der Waals surface area contributed by atoms with Gasteiger partial charge in [-0.3, -0.25) is 4.79 Å². The van der Waals surface area contributed by atoms with Crippen molar-refractivity contribution in [2.24, 2.45) is 5.92 Å². The van der Waals surface area contributed by atoms with Crippen LogP contribution in [0.5, 0.6) is 0 Å². The first-order chi connectivity index (χ1) is 7.58. The summed E-state index contributed by atoms with van der Waals surface area (Å²) in [5, 5.41) is 0.663. The van der Waals surface area contributed by atoms with Crippen molar-refractivity contribution in [1.29, 1.82) is 0 Å². The van der Waals surface area contributed by atoms with Gasteiger partial charge in [-0.25, -0.2) is 0 Å². The van der Waals surface area contributed by atoms with Gasteiger partial charge < -0.3 is 0 Å². The minimum atomic E-state index is 0.201. The third kappa shape index (κ3) is 3.74. The predicted molar refractivity (Wildman–Crippen MR) is 77.2 cm³/mol. The zero-order valence-corrected chi connectivity index (χ0v) is 12.5. The number of benzene rings is 1. The van der Waals surface area contributed by atoms with Crippen molar-refractivity contribution in [2.45, 2.75) is 33.1 Å². The summed E-state index contributed by atoms with van der Waals surface area (Å²) in [6, 6.07) is 5.52. The van der Waals surface area contributed by atoms with Gasteiger partial charge in [0, 0.05) is 15.6 Å². The Bertz CT molecular complexity index is 372. The summed E-state index contributed by atoms with van der Waals surface area (Å²) in [6.45, 7) is 4.25. The summed E-state index contributed by atoms with van der Waals surface area (Å²) < 4.78 is 0.985. The average Bonchev–Trinajstić information content (AvgIpc) is 2.29. The van der Waals surface area contributed by atoms with E-state index in [0.29, 0.717) is 17.4 Å². The zero-order valence-electron chi connectivity index (χ0n) is 9.59. The van der Waals surface area contributed by atoms with Crippen LogP contribution in [-0.2, 0) is 0 Å². The largest absolute Gasteiger partial charge is 0.294 e. The normalized spacial score (nSPS) is 10.8. The van der Waals surface area contributed by atoms with E-state index in [2.05, 4.69) is 36.4 Å². The Morgan fingerprint density at radius 3 is 2.50 bits per heavy atom. The van der Waals surface area contributed by atoms with Gasteiger partial charge in [0.25, 0.3) is 0 Å². The molecule has 0 bridgehead atoms. The number of carbonyl (C=O) groups excluding carboxylic acids is 1. The first-order valence-corrected chi connectivity index (χ1v) is 7.02. The van der Waals surface area contributed by atoms with Gasteiger partial charge in [-0.05, 0) is 40.6 Å². The Balaban J connectivity index is 2.76. The standard InChI is InChI=1S/C13H16ClIO/c1-3-9(4-2)7-13(16)10-5-6-12(15)11(14)8-10/h5-6,8-9H,3-4,7H2,1-2H3. The smallest absolute Gasteiger partial charge is 0.163 e. The fraction of sp³-hybridized carbons (Fsp3) is 0.462. The first-order valence-electron chi connectivity index (χ1n) is 5.56. The predicted octanol–water partition coefficient (Wildman–Crippen LogP) is 4.95. The molecule has 1 rings (SSSR count). The van der Waals surface area contributed by atoms with Gasteiger partial charge in [0.2, 0.25) is 0 Å². The van der Waals surface area contributed by atoms with Crippen LogP contribution in [0.3, 0.4) is 0 Å². The molecule has 0 saturated carbocycles. The summed E-state index contributed by atoms with van der Waals surface area (Å²) in [6.07, 6.45) is 2.74. The van der Waals surface area contributed by atoms with E-state index in [1.807, 2.05) is 12.1 Å². The average molecular weight is 351 g/mol. The topological polar surface area (TPSA) is 17.1 Å². The van der Waals surface area contributed by atoms with Crippen LogP contribution in [-0.4, -0.2) is 5.78 Å². The molecule has 3 heteroatoms. The molecule has 0 unspecified atom stereocenters. The third-order valence-corrected chi connectivity index (χ3v) is 4.44. The van der Waals surface area contributed by atoms with Crippen LogP contribution < -0.4 is 0 Å². The molecule has 88 valence electrons. The van der Waals surface area contributed by atoms with E-state index < -0.39 is 0 Å². The quantitative estimate of drug-likeness (QED) is 0.542. The highest BCUT2D eigenvalue weighted by molar-refractivity contribution is 14.1. The lowest BCUT2D eigenvalue weighted by Crippen LogP contribution is -2.07. The molecule has 1 aromatic carbocycles. The second kappa shape index (κ2) is 6.60. The fourth-order valence-electron chi connectivity index (χ4n) is 1.63. The summed E-state index contributed by atoms with van der Waals surface area (Å²) in [7, 11) is 0. The van der Waals surface area contributed by atoms with E-state index in [9.17, 15) is 4.79 Å². The Morgan fingerprint density at radius 1 is 1.38 bits per heavy atom. The van der Waals surface area contributed by atoms with Crippen molar-refractivity contribution in [3.8, 4) is 0 Å². The molecule has 0 saturated heterocycles. The van der Waals surface area contributed by atoms with E-state index in [4.69, 9.17) is 11.6 Å². The molecule has 0 atom stereocenters. The minimum absolute atomic E-state index is 0.201. The van der Waals surface area contributed by atoms with Crippen molar-refractivity contribution in [2.75, 3.05) is 0 Å². The van der Waals surface area contributed by atoms with Crippen LogP contribution >= 0.6 is 34.2 Å². The van der Waals surface area contributed by atoms with E-state index in [0.717, 1.165) is 22.0 Å². The second-order valence-electron chi connectivity index (χ2n) is 3.94. The molecule has 0 spiro atoms. The van der Waals surface area contributed by atoms with Gasteiger partial charge in [0.05, 0.1) is 5.02 Å². The maximum absolute atomic E-state index is 12.0. The number of carbonyl (C=O) groups is 1. The Hall–Kier alpha value is -0.0900. The van der Waals surface area contributed by atoms with E-state index in [1.165, 1.54) is 0 Å². The fourth-order valence-corrected chi connectivity index (χ4v) is 2.14. The van der Waals surface area contributed by atoms with Crippen molar-refractivity contribution in [1.82, 2.24) is 0 Å². The van der Waals surface area contributed by atoms with Crippen LogP contribution in [0, 0.1) is 9.49 Å². The highest BCUT2D eigenvalue weighted by Crippen LogP contribution is 2.22. The van der Waals surface area contributed by atoms with E-state index >= 15 is 0 Å². The summed E-state index contributed by atoms with van der Waals surface area (Å²) in [5.74, 6) is 0.692. The SMILES string of the molecule is CCC(CC)CC(=O)c1ccc(I)c(Cl)c1. The van der Waals surface area contributed by atoms with Crippen LogP contribution in [0.1, 0.15) is 43.5 Å². The molecule has 1 aromatic rings. The number of rotatable bonds is 5. The molecule has 0 aliphatic carbocycles. The van der Waals surface area contributed by atoms with Crippen LogP contribution in [0.25, 0.3) is 0 Å².